The van der Waals surface area contributed by atoms with Crippen molar-refractivity contribution >= 4 is 17.5 Å². The molecule has 0 saturated carbocycles. The summed E-state index contributed by atoms with van der Waals surface area (Å²) in [5.41, 5.74) is 0.567. The van der Waals surface area contributed by atoms with Crippen LogP contribution in [0.4, 0.5) is 0 Å². The van der Waals surface area contributed by atoms with Crippen molar-refractivity contribution in [1.82, 2.24) is 10.2 Å². The van der Waals surface area contributed by atoms with Crippen molar-refractivity contribution < 1.29 is 9.53 Å². The Hall–Kier alpha value is -1.10. The van der Waals surface area contributed by atoms with Crippen molar-refractivity contribution in [2.45, 2.75) is 49.6 Å². The molecule has 2 unspecified atom stereocenters. The SMILES string of the molecule is O=C(N1CCC2CCC(C1)N2)C1(c2cccc(Cl)c2)CCOCC1. The Bertz CT molecular complexity index is 615. The Balaban J connectivity index is 1.64. The third kappa shape index (κ3) is 2.96. The van der Waals surface area contributed by atoms with Gasteiger partial charge in [-0.05, 0) is 49.8 Å². The standard InChI is InChI=1S/C19H25ClN2O2/c20-15-3-1-2-14(12-15)19(7-10-24-11-8-19)18(23)22-9-6-16-4-5-17(13-22)21-16/h1-3,12,16-17,21H,4-11,13H2. The van der Waals surface area contributed by atoms with Gasteiger partial charge in [-0.15, -0.1) is 0 Å². The van der Waals surface area contributed by atoms with Crippen molar-refractivity contribution in [3.8, 4) is 0 Å². The van der Waals surface area contributed by atoms with Gasteiger partial charge in [-0.25, -0.2) is 0 Å². The summed E-state index contributed by atoms with van der Waals surface area (Å²) in [6.07, 6.45) is 4.97. The van der Waals surface area contributed by atoms with E-state index in [1.165, 1.54) is 12.8 Å². The van der Waals surface area contributed by atoms with Gasteiger partial charge in [0.25, 0.3) is 0 Å². The topological polar surface area (TPSA) is 41.6 Å². The number of hydrogen-bond acceptors (Lipinski definition) is 3. The molecule has 4 rings (SSSR count). The summed E-state index contributed by atoms with van der Waals surface area (Å²) in [5.74, 6) is 0.266. The van der Waals surface area contributed by atoms with Crippen LogP contribution in [0.3, 0.4) is 0 Å². The van der Waals surface area contributed by atoms with E-state index in [0.29, 0.717) is 30.3 Å². The van der Waals surface area contributed by atoms with Crippen LogP contribution in [0.1, 0.15) is 37.7 Å². The third-order valence-electron chi connectivity index (χ3n) is 5.94. The van der Waals surface area contributed by atoms with Gasteiger partial charge in [0.05, 0.1) is 5.41 Å². The number of likely N-dealkylation sites (tertiary alicyclic amines) is 1. The second-order valence-electron chi connectivity index (χ2n) is 7.38. The maximum atomic E-state index is 13.6. The van der Waals surface area contributed by atoms with Gasteiger partial charge in [0.15, 0.2) is 0 Å². The highest BCUT2D eigenvalue weighted by molar-refractivity contribution is 6.30. The van der Waals surface area contributed by atoms with Crippen molar-refractivity contribution in [1.29, 1.82) is 0 Å². The molecular formula is C19H25ClN2O2. The van der Waals surface area contributed by atoms with Gasteiger partial charge in [0.2, 0.25) is 5.91 Å². The second-order valence-corrected chi connectivity index (χ2v) is 7.82. The Labute approximate surface area is 148 Å². The molecule has 0 aliphatic carbocycles. The van der Waals surface area contributed by atoms with Crippen LogP contribution >= 0.6 is 11.6 Å². The fourth-order valence-corrected chi connectivity index (χ4v) is 4.75. The van der Waals surface area contributed by atoms with Crippen LogP contribution in [0, 0.1) is 0 Å². The first-order valence-electron chi connectivity index (χ1n) is 9.07. The normalized spacial score (nSPS) is 29.3. The predicted octanol–water partition coefficient (Wildman–Crippen LogP) is 2.74. The van der Waals surface area contributed by atoms with E-state index < -0.39 is 5.41 Å². The zero-order chi connectivity index (χ0) is 16.6. The Morgan fingerprint density at radius 2 is 2.00 bits per heavy atom. The number of hydrogen-bond donors (Lipinski definition) is 1. The maximum Gasteiger partial charge on any atom is 0.233 e. The van der Waals surface area contributed by atoms with E-state index in [-0.39, 0.29) is 5.91 Å². The molecular weight excluding hydrogens is 324 g/mol. The summed E-state index contributed by atoms with van der Waals surface area (Å²) in [6.45, 7) is 2.96. The molecule has 1 aromatic carbocycles. The van der Waals surface area contributed by atoms with Crippen molar-refractivity contribution in [2.24, 2.45) is 0 Å². The predicted molar refractivity (Wildman–Crippen MR) is 94.3 cm³/mol. The average Bonchev–Trinajstić information content (AvgIpc) is 2.94. The average molecular weight is 349 g/mol. The van der Waals surface area contributed by atoms with Crippen molar-refractivity contribution in [3.63, 3.8) is 0 Å². The van der Waals surface area contributed by atoms with Gasteiger partial charge in [0.1, 0.15) is 0 Å². The first-order chi connectivity index (χ1) is 11.7. The molecule has 2 atom stereocenters. The highest BCUT2D eigenvalue weighted by Gasteiger charge is 2.45. The fraction of sp³-hybridized carbons (Fsp3) is 0.632. The molecule has 3 heterocycles. The zero-order valence-corrected chi connectivity index (χ0v) is 14.7. The largest absolute Gasteiger partial charge is 0.381 e. The molecule has 3 aliphatic rings. The summed E-state index contributed by atoms with van der Waals surface area (Å²) in [5, 5.41) is 4.36. The number of carbonyl (C=O) groups excluding carboxylic acids is 1. The molecule has 3 fully saturated rings. The van der Waals surface area contributed by atoms with Gasteiger partial charge in [-0.3, -0.25) is 4.79 Å². The van der Waals surface area contributed by atoms with E-state index in [4.69, 9.17) is 16.3 Å². The van der Waals surface area contributed by atoms with Crippen molar-refractivity contribution in [3.05, 3.63) is 34.9 Å². The monoisotopic (exact) mass is 348 g/mol. The van der Waals surface area contributed by atoms with Crippen LogP contribution < -0.4 is 5.32 Å². The van der Waals surface area contributed by atoms with E-state index >= 15 is 0 Å². The number of ether oxygens (including phenoxy) is 1. The maximum absolute atomic E-state index is 13.6. The molecule has 3 saturated heterocycles. The summed E-state index contributed by atoms with van der Waals surface area (Å²) < 4.78 is 5.57. The van der Waals surface area contributed by atoms with Gasteiger partial charge < -0.3 is 15.0 Å². The minimum Gasteiger partial charge on any atom is -0.381 e. The van der Waals surface area contributed by atoms with Crippen LogP contribution in [0.5, 0.6) is 0 Å². The number of fused-ring (bicyclic) bond motifs is 2. The number of rotatable bonds is 2. The summed E-state index contributed by atoms with van der Waals surface area (Å²) in [4.78, 5) is 15.7. The lowest BCUT2D eigenvalue weighted by atomic mass is 9.73. The molecule has 24 heavy (non-hydrogen) atoms. The number of halogens is 1. The molecule has 0 radical (unpaired) electrons. The van der Waals surface area contributed by atoms with E-state index in [0.717, 1.165) is 37.9 Å². The second kappa shape index (κ2) is 6.66. The van der Waals surface area contributed by atoms with Gasteiger partial charge in [-0.1, -0.05) is 23.7 Å². The van der Waals surface area contributed by atoms with Gasteiger partial charge in [0, 0.05) is 43.4 Å². The molecule has 130 valence electrons. The highest BCUT2D eigenvalue weighted by Crippen LogP contribution is 2.38. The molecule has 5 heteroatoms. The summed E-state index contributed by atoms with van der Waals surface area (Å²) in [6, 6.07) is 8.89. The van der Waals surface area contributed by atoms with Gasteiger partial charge in [-0.2, -0.15) is 0 Å². The number of benzene rings is 1. The minimum atomic E-state index is -0.479. The first kappa shape index (κ1) is 16.4. The zero-order valence-electron chi connectivity index (χ0n) is 14.0. The Morgan fingerprint density at radius 1 is 1.21 bits per heavy atom. The van der Waals surface area contributed by atoms with Crippen LogP contribution in [-0.4, -0.2) is 49.2 Å². The highest BCUT2D eigenvalue weighted by atomic mass is 35.5. The number of nitrogens with one attached hydrogen (secondary N) is 1. The number of amides is 1. The summed E-state index contributed by atoms with van der Waals surface area (Å²) >= 11 is 6.23. The summed E-state index contributed by atoms with van der Waals surface area (Å²) in [7, 11) is 0. The van der Waals surface area contributed by atoms with Crippen LogP contribution in [-0.2, 0) is 14.9 Å². The van der Waals surface area contributed by atoms with E-state index in [1.54, 1.807) is 0 Å². The van der Waals surface area contributed by atoms with E-state index in [2.05, 4.69) is 16.3 Å². The molecule has 1 amide bonds. The fourth-order valence-electron chi connectivity index (χ4n) is 4.56. The Morgan fingerprint density at radius 3 is 2.79 bits per heavy atom. The molecule has 3 aliphatic heterocycles. The molecule has 1 aromatic rings. The Kier molecular flexibility index (Phi) is 4.54. The smallest absolute Gasteiger partial charge is 0.233 e. The molecule has 4 nitrogen and oxygen atoms in total. The molecule has 0 spiro atoms. The molecule has 0 aromatic heterocycles. The number of carbonyl (C=O) groups is 1. The van der Waals surface area contributed by atoms with E-state index in [1.807, 2.05) is 18.2 Å². The molecule has 1 N–H and O–H groups in total. The molecule has 2 bridgehead atoms. The van der Waals surface area contributed by atoms with Crippen LogP contribution in [0.15, 0.2) is 24.3 Å². The third-order valence-corrected chi connectivity index (χ3v) is 6.18. The lowest BCUT2D eigenvalue weighted by Gasteiger charge is -2.40. The van der Waals surface area contributed by atoms with Crippen LogP contribution in [0.25, 0.3) is 0 Å². The minimum absolute atomic E-state index is 0.266. The number of nitrogens with zero attached hydrogens (tertiary/aromatic N) is 1. The van der Waals surface area contributed by atoms with E-state index in [9.17, 15) is 4.79 Å². The van der Waals surface area contributed by atoms with Crippen molar-refractivity contribution in [2.75, 3.05) is 26.3 Å². The lowest BCUT2D eigenvalue weighted by molar-refractivity contribution is -0.141. The lowest BCUT2D eigenvalue weighted by Crippen LogP contribution is -2.52. The van der Waals surface area contributed by atoms with Gasteiger partial charge >= 0.3 is 0 Å². The quantitative estimate of drug-likeness (QED) is 0.893. The first-order valence-corrected chi connectivity index (χ1v) is 9.44. The van der Waals surface area contributed by atoms with Crippen LogP contribution in [0.2, 0.25) is 5.02 Å².